The molecule has 114 valence electrons. The van der Waals surface area contributed by atoms with Gasteiger partial charge in [0.15, 0.2) is 2.14 Å². The molecule has 1 unspecified atom stereocenters. The number of Topliss-reactive ketones (excluding diaryl/α,β-unsaturated/α-hetero) is 1. The van der Waals surface area contributed by atoms with E-state index < -0.39 is 26.6 Å². The van der Waals surface area contributed by atoms with Gasteiger partial charge in [0.2, 0.25) is 11.9 Å². The summed E-state index contributed by atoms with van der Waals surface area (Å²) in [6.45, 7) is 0. The molecule has 9 heteroatoms. The predicted molar refractivity (Wildman–Crippen MR) is 84.6 cm³/mol. The van der Waals surface area contributed by atoms with E-state index in [1.165, 1.54) is 24.3 Å². The molecule has 21 heavy (non-hydrogen) atoms. The van der Waals surface area contributed by atoms with Crippen LogP contribution < -0.4 is 4.74 Å². The largest absolute Gasteiger partial charge is 0.481 e. The summed E-state index contributed by atoms with van der Waals surface area (Å²) in [4.78, 5) is 33.3. The monoisotopic (exact) mass is 486 g/mol. The second kappa shape index (κ2) is 7.37. The van der Waals surface area contributed by atoms with E-state index in [2.05, 4.69) is 47.8 Å². The summed E-state index contributed by atoms with van der Waals surface area (Å²) in [5.41, 5.74) is 0.345. The van der Waals surface area contributed by atoms with Gasteiger partial charge in [0.05, 0.1) is 6.42 Å². The van der Waals surface area contributed by atoms with E-state index >= 15 is 0 Å². The van der Waals surface area contributed by atoms with Crippen LogP contribution in [0.4, 0.5) is 0 Å². The third kappa shape index (κ3) is 5.76. The number of benzene rings is 1. The lowest BCUT2D eigenvalue weighted by atomic mass is 10.1. The summed E-state index contributed by atoms with van der Waals surface area (Å²) in [6, 6.07) is 5.67. The average Bonchev–Trinajstić information content (AvgIpc) is 2.36. The molecule has 0 spiro atoms. The molecule has 1 aromatic carbocycles. The Morgan fingerprint density at radius 2 is 1.62 bits per heavy atom. The molecule has 0 saturated heterocycles. The Labute approximate surface area is 144 Å². The third-order valence-electron chi connectivity index (χ3n) is 2.29. The van der Waals surface area contributed by atoms with Crippen molar-refractivity contribution in [3.63, 3.8) is 0 Å². The zero-order valence-corrected chi connectivity index (χ0v) is 15.0. The lowest BCUT2D eigenvalue weighted by Crippen LogP contribution is -2.29. The van der Waals surface area contributed by atoms with E-state index in [4.69, 9.17) is 14.9 Å². The van der Waals surface area contributed by atoms with Gasteiger partial charge in [0, 0.05) is 5.56 Å². The maximum absolute atomic E-state index is 11.9. The van der Waals surface area contributed by atoms with Crippen LogP contribution in [0.15, 0.2) is 24.3 Å². The number of carboxylic acids is 2. The number of ketones is 1. The molecule has 1 aromatic rings. The number of hydrogen-bond donors (Lipinski definition) is 2. The van der Waals surface area contributed by atoms with E-state index in [-0.39, 0.29) is 11.5 Å². The summed E-state index contributed by atoms with van der Waals surface area (Å²) in [6.07, 6.45) is -2.16. The fraction of sp³-hybridized carbons (Fsp3) is 0.250. The van der Waals surface area contributed by atoms with Crippen molar-refractivity contribution in [2.45, 2.75) is 14.7 Å². The number of alkyl halides is 3. The van der Waals surface area contributed by atoms with Crippen molar-refractivity contribution in [3.05, 3.63) is 29.8 Å². The Balaban J connectivity index is 2.85. The van der Waals surface area contributed by atoms with Crippen LogP contribution in [0, 0.1) is 0 Å². The predicted octanol–water partition coefficient (Wildman–Crippen LogP) is 3.01. The smallest absolute Gasteiger partial charge is 0.345 e. The van der Waals surface area contributed by atoms with Crippen molar-refractivity contribution in [2.75, 3.05) is 0 Å². The third-order valence-corrected chi connectivity index (χ3v) is 3.37. The maximum atomic E-state index is 11.9. The van der Waals surface area contributed by atoms with Gasteiger partial charge in [-0.1, -0.05) is 47.8 Å². The van der Waals surface area contributed by atoms with E-state index in [1.54, 1.807) is 0 Å². The van der Waals surface area contributed by atoms with Gasteiger partial charge >= 0.3 is 11.9 Å². The number of carbonyl (C=O) groups excluding carboxylic acids is 1. The number of carbonyl (C=O) groups is 3. The minimum Gasteiger partial charge on any atom is -0.481 e. The summed E-state index contributed by atoms with van der Waals surface area (Å²) >= 11 is 9.29. The Morgan fingerprint density at radius 3 is 2.00 bits per heavy atom. The zero-order chi connectivity index (χ0) is 16.2. The van der Waals surface area contributed by atoms with Gasteiger partial charge in [-0.2, -0.15) is 0 Å². The van der Waals surface area contributed by atoms with E-state index in [0.717, 1.165) is 0 Å². The quantitative estimate of drug-likeness (QED) is 0.471. The minimum atomic E-state index is -1.49. The molecular weight excluding hydrogens is 480 g/mol. The molecular formula is C12H9Br3O6. The van der Waals surface area contributed by atoms with Crippen molar-refractivity contribution in [3.8, 4) is 5.75 Å². The van der Waals surface area contributed by atoms with Gasteiger partial charge in [0.25, 0.3) is 0 Å². The highest BCUT2D eigenvalue weighted by atomic mass is 80.0. The molecule has 0 aliphatic heterocycles. The summed E-state index contributed by atoms with van der Waals surface area (Å²) in [5, 5.41) is 17.5. The van der Waals surface area contributed by atoms with E-state index in [0.29, 0.717) is 5.56 Å². The lowest BCUT2D eigenvalue weighted by molar-refractivity contribution is -0.151. The van der Waals surface area contributed by atoms with Crippen LogP contribution in [-0.4, -0.2) is 36.2 Å². The zero-order valence-electron chi connectivity index (χ0n) is 10.3. The molecule has 0 radical (unpaired) electrons. The number of aliphatic carboxylic acids is 2. The first kappa shape index (κ1) is 18.1. The van der Waals surface area contributed by atoms with Crippen molar-refractivity contribution >= 4 is 65.5 Å². The molecule has 0 aliphatic rings. The van der Waals surface area contributed by atoms with Crippen LogP contribution in [0.2, 0.25) is 0 Å². The molecule has 1 atom stereocenters. The second-order valence-corrected chi connectivity index (χ2v) is 10.7. The number of halogens is 3. The highest BCUT2D eigenvalue weighted by Gasteiger charge is 2.29. The standard InChI is InChI=1S/C12H9Br3O6/c13-12(14,15)10(18)6-1-3-7(4-2-6)21-8(11(19)20)5-9(16)17/h1-4,8H,5H2,(H,16,17)(H,19,20). The molecule has 6 nitrogen and oxygen atoms in total. The molecule has 0 saturated carbocycles. The Bertz CT molecular complexity index is 549. The van der Waals surface area contributed by atoms with Gasteiger partial charge in [-0.15, -0.1) is 0 Å². The van der Waals surface area contributed by atoms with Crippen molar-refractivity contribution in [1.29, 1.82) is 0 Å². The van der Waals surface area contributed by atoms with Crippen LogP contribution >= 0.6 is 47.8 Å². The van der Waals surface area contributed by atoms with Crippen molar-refractivity contribution in [1.82, 2.24) is 0 Å². The van der Waals surface area contributed by atoms with Gasteiger partial charge in [0.1, 0.15) is 5.75 Å². The van der Waals surface area contributed by atoms with Crippen molar-refractivity contribution in [2.24, 2.45) is 0 Å². The molecule has 0 fully saturated rings. The van der Waals surface area contributed by atoms with Crippen LogP contribution in [-0.2, 0) is 9.59 Å². The molecule has 0 aromatic heterocycles. The fourth-order valence-corrected chi connectivity index (χ4v) is 2.04. The van der Waals surface area contributed by atoms with Crippen LogP contribution in [0.5, 0.6) is 5.75 Å². The summed E-state index contributed by atoms with van der Waals surface area (Å²) in [5.74, 6) is -2.80. The van der Waals surface area contributed by atoms with Gasteiger partial charge in [-0.3, -0.25) is 9.59 Å². The topological polar surface area (TPSA) is 101 Å². The highest BCUT2D eigenvalue weighted by Crippen LogP contribution is 2.37. The normalized spacial score (nSPS) is 12.5. The molecule has 2 N–H and O–H groups in total. The van der Waals surface area contributed by atoms with E-state index in [9.17, 15) is 14.4 Å². The van der Waals surface area contributed by atoms with Crippen LogP contribution in [0.1, 0.15) is 16.8 Å². The molecule has 0 amide bonds. The van der Waals surface area contributed by atoms with Crippen LogP contribution in [0.3, 0.4) is 0 Å². The lowest BCUT2D eigenvalue weighted by Gasteiger charge is -2.14. The first-order valence-corrected chi connectivity index (χ1v) is 7.82. The van der Waals surface area contributed by atoms with Gasteiger partial charge in [-0.05, 0) is 24.3 Å². The Hall–Kier alpha value is -0.930. The van der Waals surface area contributed by atoms with Crippen LogP contribution in [0.25, 0.3) is 0 Å². The highest BCUT2D eigenvalue weighted by molar-refractivity contribution is 9.40. The Morgan fingerprint density at radius 1 is 1.10 bits per heavy atom. The SMILES string of the molecule is O=C(O)CC(Oc1ccc(C(=O)C(Br)(Br)Br)cc1)C(=O)O. The maximum Gasteiger partial charge on any atom is 0.345 e. The Kier molecular flexibility index (Phi) is 6.36. The second-order valence-electron chi connectivity index (χ2n) is 3.89. The first-order valence-electron chi connectivity index (χ1n) is 5.44. The van der Waals surface area contributed by atoms with E-state index in [1.807, 2.05) is 0 Å². The number of carboxylic acid groups (broad SMARTS) is 2. The fourth-order valence-electron chi connectivity index (χ4n) is 1.35. The molecule has 0 heterocycles. The summed E-state index contributed by atoms with van der Waals surface area (Å²) in [7, 11) is 0. The number of rotatable bonds is 6. The molecule has 0 bridgehead atoms. The van der Waals surface area contributed by atoms with Crippen molar-refractivity contribution < 1.29 is 29.3 Å². The van der Waals surface area contributed by atoms with Gasteiger partial charge in [-0.25, -0.2) is 4.79 Å². The summed E-state index contributed by atoms with van der Waals surface area (Å²) < 4.78 is 4.00. The number of ether oxygens (including phenoxy) is 1. The first-order chi connectivity index (χ1) is 9.61. The minimum absolute atomic E-state index is 0.157. The molecule has 1 rings (SSSR count). The molecule has 0 aliphatic carbocycles. The average molecular weight is 489 g/mol. The number of hydrogen-bond acceptors (Lipinski definition) is 4. The van der Waals surface area contributed by atoms with Gasteiger partial charge < -0.3 is 14.9 Å².